The zero-order chi connectivity index (χ0) is 11.3. The number of hydrogen-bond acceptors (Lipinski definition) is 4. The van der Waals surface area contributed by atoms with Crippen LogP contribution in [-0.4, -0.2) is 19.1 Å². The molecule has 15 heavy (non-hydrogen) atoms. The Morgan fingerprint density at radius 3 is 2.67 bits per heavy atom. The minimum Gasteiger partial charge on any atom is -0.330 e. The number of carbonyl (C=O) groups is 1. The summed E-state index contributed by atoms with van der Waals surface area (Å²) in [5.74, 6) is 0.0945. The van der Waals surface area contributed by atoms with Crippen molar-refractivity contribution in [3.8, 4) is 0 Å². The summed E-state index contributed by atoms with van der Waals surface area (Å²) in [6.45, 7) is 2.35. The summed E-state index contributed by atoms with van der Waals surface area (Å²) in [4.78, 5) is 11.3. The fourth-order valence-corrected chi connectivity index (χ4v) is 1.73. The molecule has 4 heteroatoms. The third-order valence-electron chi connectivity index (χ3n) is 2.00. The molecule has 0 unspecified atom stereocenters. The Hall–Kier alpha value is -1.00. The molecule has 1 aromatic rings. The summed E-state index contributed by atoms with van der Waals surface area (Å²) in [6.07, 6.45) is 1.96. The Morgan fingerprint density at radius 2 is 2.13 bits per heavy atom. The summed E-state index contributed by atoms with van der Waals surface area (Å²) in [5.41, 5.74) is 2.83. The van der Waals surface area contributed by atoms with Crippen LogP contribution in [0.1, 0.15) is 22.8 Å². The van der Waals surface area contributed by atoms with E-state index in [0.717, 1.165) is 23.4 Å². The van der Waals surface area contributed by atoms with Crippen molar-refractivity contribution in [2.75, 3.05) is 18.0 Å². The van der Waals surface area contributed by atoms with Crippen molar-refractivity contribution in [2.24, 2.45) is 0 Å². The highest BCUT2D eigenvalue weighted by molar-refractivity contribution is 7.99. The maximum absolute atomic E-state index is 11.3. The number of benzene rings is 1. The van der Waals surface area contributed by atoms with E-state index in [1.165, 1.54) is 11.9 Å². The first-order valence-electron chi connectivity index (χ1n) is 4.76. The van der Waals surface area contributed by atoms with Crippen molar-refractivity contribution in [2.45, 2.75) is 13.5 Å². The molecule has 0 amide bonds. The molecule has 0 bridgehead atoms. The maximum atomic E-state index is 11.3. The minimum absolute atomic E-state index is 0.0945. The van der Waals surface area contributed by atoms with Crippen LogP contribution in [0.25, 0.3) is 0 Å². The van der Waals surface area contributed by atoms with Crippen LogP contribution < -0.4 is 10.0 Å². The fraction of sp³-hybridized carbons (Fsp3) is 0.364. The molecule has 1 rings (SSSR count). The van der Waals surface area contributed by atoms with Gasteiger partial charge in [0.05, 0.1) is 0 Å². The van der Waals surface area contributed by atoms with Crippen molar-refractivity contribution >= 4 is 23.4 Å². The molecular formula is C11H16N2OS. The summed E-state index contributed by atoms with van der Waals surface area (Å²) in [6, 6.07) is 5.84. The highest BCUT2D eigenvalue weighted by Crippen LogP contribution is 2.17. The second kappa shape index (κ2) is 5.78. The number of hydrogen-bond donors (Lipinski definition) is 2. The molecule has 0 aliphatic rings. The van der Waals surface area contributed by atoms with Gasteiger partial charge in [-0.2, -0.15) is 0 Å². The van der Waals surface area contributed by atoms with Gasteiger partial charge >= 0.3 is 0 Å². The van der Waals surface area contributed by atoms with Gasteiger partial charge in [0.1, 0.15) is 0 Å². The van der Waals surface area contributed by atoms with Crippen LogP contribution in [0.15, 0.2) is 18.2 Å². The van der Waals surface area contributed by atoms with Crippen LogP contribution in [0.5, 0.6) is 0 Å². The Labute approximate surface area is 94.8 Å². The molecule has 0 aliphatic carbocycles. The Kier molecular flexibility index (Phi) is 4.65. The lowest BCUT2D eigenvalue weighted by atomic mass is 10.1. The van der Waals surface area contributed by atoms with Crippen LogP contribution in [0.2, 0.25) is 0 Å². The average molecular weight is 224 g/mol. The summed E-state index contributed by atoms with van der Waals surface area (Å²) in [7, 11) is 1.89. The van der Waals surface area contributed by atoms with Gasteiger partial charge in [-0.3, -0.25) is 4.79 Å². The van der Waals surface area contributed by atoms with Gasteiger partial charge in [0.15, 0.2) is 5.78 Å². The van der Waals surface area contributed by atoms with Crippen LogP contribution >= 0.6 is 11.9 Å². The van der Waals surface area contributed by atoms with E-state index in [1.54, 1.807) is 6.92 Å². The van der Waals surface area contributed by atoms with E-state index in [-0.39, 0.29) is 5.78 Å². The van der Waals surface area contributed by atoms with Crippen molar-refractivity contribution in [1.29, 1.82) is 0 Å². The smallest absolute Gasteiger partial charge is 0.159 e. The van der Waals surface area contributed by atoms with Crippen LogP contribution in [0, 0.1) is 0 Å². The topological polar surface area (TPSA) is 41.1 Å². The van der Waals surface area contributed by atoms with E-state index in [4.69, 9.17) is 0 Å². The highest BCUT2D eigenvalue weighted by atomic mass is 32.2. The van der Waals surface area contributed by atoms with Gasteiger partial charge in [-0.25, -0.2) is 0 Å². The number of nitrogens with one attached hydrogen (secondary N) is 2. The molecule has 0 aromatic heterocycles. The van der Waals surface area contributed by atoms with Crippen LogP contribution in [0.4, 0.5) is 5.69 Å². The number of rotatable bonds is 5. The molecule has 82 valence electrons. The Morgan fingerprint density at radius 1 is 1.40 bits per heavy atom. The molecule has 0 radical (unpaired) electrons. The number of ketones is 1. The van der Waals surface area contributed by atoms with Gasteiger partial charge in [0.25, 0.3) is 0 Å². The maximum Gasteiger partial charge on any atom is 0.159 e. The SMILES string of the molecule is CNCc1cc(NSC)cc(C(C)=O)c1. The molecule has 1 aromatic carbocycles. The first kappa shape index (κ1) is 12.1. The van der Waals surface area contributed by atoms with Gasteiger partial charge in [-0.1, -0.05) is 11.9 Å². The van der Waals surface area contributed by atoms with E-state index in [9.17, 15) is 4.79 Å². The van der Waals surface area contributed by atoms with Gasteiger partial charge in [0.2, 0.25) is 0 Å². The molecular weight excluding hydrogens is 208 g/mol. The summed E-state index contributed by atoms with van der Waals surface area (Å²) < 4.78 is 3.14. The Bertz CT molecular complexity index is 328. The minimum atomic E-state index is 0.0945. The zero-order valence-electron chi connectivity index (χ0n) is 9.26. The van der Waals surface area contributed by atoms with E-state index in [2.05, 4.69) is 10.0 Å². The van der Waals surface area contributed by atoms with Gasteiger partial charge in [-0.15, -0.1) is 0 Å². The lowest BCUT2D eigenvalue weighted by Crippen LogP contribution is -2.06. The molecule has 0 fully saturated rings. The van der Waals surface area contributed by atoms with Crippen molar-refractivity contribution in [3.05, 3.63) is 29.3 Å². The molecule has 0 saturated heterocycles. The average Bonchev–Trinajstić information content (AvgIpc) is 2.18. The normalized spacial score (nSPS) is 10.1. The van der Waals surface area contributed by atoms with Gasteiger partial charge < -0.3 is 10.0 Å². The number of Topliss-reactive ketones (excluding diaryl/α,β-unsaturated/α-hetero) is 1. The van der Waals surface area contributed by atoms with E-state index < -0.39 is 0 Å². The molecule has 0 spiro atoms. The third kappa shape index (κ3) is 3.57. The van der Waals surface area contributed by atoms with Crippen molar-refractivity contribution < 1.29 is 4.79 Å². The second-order valence-corrected chi connectivity index (χ2v) is 3.92. The molecule has 0 heterocycles. The monoisotopic (exact) mass is 224 g/mol. The Balaban J connectivity index is 3.02. The first-order chi connectivity index (χ1) is 7.17. The van der Waals surface area contributed by atoms with Crippen molar-refractivity contribution in [1.82, 2.24) is 5.32 Å². The lowest BCUT2D eigenvalue weighted by Gasteiger charge is -2.08. The quantitative estimate of drug-likeness (QED) is 0.595. The molecule has 2 N–H and O–H groups in total. The zero-order valence-corrected chi connectivity index (χ0v) is 10.1. The van der Waals surface area contributed by atoms with Crippen molar-refractivity contribution in [3.63, 3.8) is 0 Å². The van der Waals surface area contributed by atoms with E-state index in [1.807, 2.05) is 31.5 Å². The molecule has 0 atom stereocenters. The fourth-order valence-electron chi connectivity index (χ4n) is 1.38. The summed E-state index contributed by atoms with van der Waals surface area (Å²) >= 11 is 1.52. The predicted molar refractivity (Wildman–Crippen MR) is 66.3 cm³/mol. The third-order valence-corrected chi connectivity index (χ3v) is 2.44. The first-order valence-corrected chi connectivity index (χ1v) is 5.98. The standard InChI is InChI=1S/C11H16N2OS/c1-8(14)10-4-9(7-12-2)5-11(6-10)13-15-3/h4-6,12-13H,7H2,1-3H3. The van der Waals surface area contributed by atoms with E-state index >= 15 is 0 Å². The lowest BCUT2D eigenvalue weighted by molar-refractivity contribution is 0.101. The summed E-state index contributed by atoms with van der Waals surface area (Å²) in [5, 5.41) is 3.07. The molecule has 0 aliphatic heterocycles. The number of carbonyl (C=O) groups excluding carboxylic acids is 1. The largest absolute Gasteiger partial charge is 0.330 e. The highest BCUT2D eigenvalue weighted by Gasteiger charge is 2.04. The second-order valence-electron chi connectivity index (χ2n) is 3.31. The van der Waals surface area contributed by atoms with Gasteiger partial charge in [0, 0.05) is 24.1 Å². The van der Waals surface area contributed by atoms with Crippen LogP contribution in [-0.2, 0) is 6.54 Å². The molecule has 3 nitrogen and oxygen atoms in total. The predicted octanol–water partition coefficient (Wildman–Crippen LogP) is 2.30. The van der Waals surface area contributed by atoms with Gasteiger partial charge in [-0.05, 0) is 37.7 Å². The van der Waals surface area contributed by atoms with E-state index in [0.29, 0.717) is 0 Å². The van der Waals surface area contributed by atoms with Crippen LogP contribution in [0.3, 0.4) is 0 Å². The number of anilines is 1. The molecule has 0 saturated carbocycles.